The average Bonchev–Trinajstić information content (AvgIpc) is 2.71. The highest BCUT2D eigenvalue weighted by Crippen LogP contribution is 2.16. The predicted molar refractivity (Wildman–Crippen MR) is 110 cm³/mol. The summed E-state index contributed by atoms with van der Waals surface area (Å²) >= 11 is 0. The lowest BCUT2D eigenvalue weighted by Gasteiger charge is -2.23. The first-order valence-electron chi connectivity index (χ1n) is 9.85. The number of rotatable bonds is 11. The molecule has 0 saturated carbocycles. The van der Waals surface area contributed by atoms with Crippen molar-refractivity contribution in [3.8, 4) is 5.75 Å². The molecule has 0 saturated heterocycles. The summed E-state index contributed by atoms with van der Waals surface area (Å²) in [7, 11) is 1.36. The smallest absolute Gasteiger partial charge is 0.337 e. The second kappa shape index (κ2) is 11.9. The number of benzene rings is 2. The molecule has 2 aromatic rings. The van der Waals surface area contributed by atoms with Crippen molar-refractivity contribution < 1.29 is 24.2 Å². The monoisotopic (exact) mass is 399 g/mol. The summed E-state index contributed by atoms with van der Waals surface area (Å²) in [6.45, 7) is 4.38. The molecule has 0 aromatic heterocycles. The third kappa shape index (κ3) is 7.95. The Labute approximate surface area is 172 Å². The van der Waals surface area contributed by atoms with E-state index in [1.54, 1.807) is 31.2 Å². The van der Waals surface area contributed by atoms with Gasteiger partial charge in [0, 0.05) is 19.5 Å². The van der Waals surface area contributed by atoms with Crippen molar-refractivity contribution >= 4 is 11.9 Å². The van der Waals surface area contributed by atoms with E-state index in [2.05, 4.69) is 4.90 Å². The van der Waals surface area contributed by atoms with Gasteiger partial charge in [0.25, 0.3) is 0 Å². The molecule has 2 rings (SSSR count). The fraction of sp³-hybridized carbons (Fsp3) is 0.391. The molecular formula is C23H29NO5. The van der Waals surface area contributed by atoms with E-state index in [4.69, 9.17) is 9.47 Å². The van der Waals surface area contributed by atoms with Crippen LogP contribution in [0.15, 0.2) is 48.5 Å². The van der Waals surface area contributed by atoms with Crippen molar-refractivity contribution in [2.24, 2.45) is 0 Å². The number of nitrogens with zero attached hydrogens (tertiary/aromatic N) is 1. The normalized spacial score (nSPS) is 10.7. The van der Waals surface area contributed by atoms with Crippen LogP contribution in [0.3, 0.4) is 0 Å². The average molecular weight is 399 g/mol. The van der Waals surface area contributed by atoms with Crippen molar-refractivity contribution in [1.29, 1.82) is 0 Å². The first-order valence-corrected chi connectivity index (χ1v) is 9.85. The summed E-state index contributed by atoms with van der Waals surface area (Å²) in [6, 6.07) is 14.6. The number of phenols is 1. The van der Waals surface area contributed by atoms with Gasteiger partial charge in [-0.2, -0.15) is 0 Å². The summed E-state index contributed by atoms with van der Waals surface area (Å²) in [6.07, 6.45) is 2.04. The number of aromatic hydroxyl groups is 1. The zero-order chi connectivity index (χ0) is 21.1. The minimum atomic E-state index is -0.355. The van der Waals surface area contributed by atoms with Gasteiger partial charge in [-0.05, 0) is 61.7 Å². The lowest BCUT2D eigenvalue weighted by atomic mass is 10.1. The molecule has 0 amide bonds. The molecule has 2 aromatic carbocycles. The minimum absolute atomic E-state index is 0.162. The lowest BCUT2D eigenvalue weighted by molar-refractivity contribution is -0.143. The van der Waals surface area contributed by atoms with E-state index in [1.807, 2.05) is 24.3 Å². The zero-order valence-electron chi connectivity index (χ0n) is 17.1. The number of ether oxygens (including phenoxy) is 2. The number of esters is 2. The highest BCUT2D eigenvalue weighted by molar-refractivity contribution is 5.89. The molecule has 156 valence electrons. The fourth-order valence-corrected chi connectivity index (χ4v) is 3.09. The largest absolute Gasteiger partial charge is 0.508 e. The van der Waals surface area contributed by atoms with Gasteiger partial charge >= 0.3 is 11.9 Å². The van der Waals surface area contributed by atoms with E-state index in [0.29, 0.717) is 31.7 Å². The molecule has 0 aliphatic carbocycles. The Morgan fingerprint density at radius 1 is 1.00 bits per heavy atom. The van der Waals surface area contributed by atoms with E-state index in [1.165, 1.54) is 7.11 Å². The Balaban J connectivity index is 1.99. The summed E-state index contributed by atoms with van der Waals surface area (Å²) in [5.41, 5.74) is 2.61. The van der Waals surface area contributed by atoms with Gasteiger partial charge in [0.2, 0.25) is 0 Å². The van der Waals surface area contributed by atoms with Gasteiger partial charge in [-0.3, -0.25) is 9.69 Å². The highest BCUT2D eigenvalue weighted by Gasteiger charge is 2.10. The van der Waals surface area contributed by atoms with Crippen LogP contribution in [0.2, 0.25) is 0 Å². The molecule has 0 unspecified atom stereocenters. The maximum Gasteiger partial charge on any atom is 0.337 e. The number of phenolic OH excluding ortho intramolecular Hbond substituents is 1. The van der Waals surface area contributed by atoms with Crippen molar-refractivity contribution in [2.75, 3.05) is 20.3 Å². The van der Waals surface area contributed by atoms with E-state index < -0.39 is 0 Å². The van der Waals surface area contributed by atoms with Crippen LogP contribution in [0.1, 0.15) is 47.7 Å². The summed E-state index contributed by atoms with van der Waals surface area (Å²) in [5.74, 6) is -0.273. The molecule has 6 heteroatoms. The molecule has 0 bridgehead atoms. The molecular weight excluding hydrogens is 370 g/mol. The Hall–Kier alpha value is -2.86. The van der Waals surface area contributed by atoms with E-state index >= 15 is 0 Å². The van der Waals surface area contributed by atoms with Crippen LogP contribution in [0.25, 0.3) is 0 Å². The molecule has 0 heterocycles. The quantitative estimate of drug-likeness (QED) is 0.456. The van der Waals surface area contributed by atoms with Gasteiger partial charge in [0.1, 0.15) is 5.75 Å². The molecule has 0 aliphatic rings. The van der Waals surface area contributed by atoms with Gasteiger partial charge in [0.05, 0.1) is 19.3 Å². The van der Waals surface area contributed by atoms with Gasteiger partial charge in [-0.1, -0.05) is 24.3 Å². The zero-order valence-corrected chi connectivity index (χ0v) is 17.1. The predicted octanol–water partition coefficient (Wildman–Crippen LogP) is 3.91. The first kappa shape index (κ1) is 22.4. The number of hydrogen-bond donors (Lipinski definition) is 1. The number of methoxy groups -OCH3 is 1. The van der Waals surface area contributed by atoms with Crippen molar-refractivity contribution in [2.45, 2.75) is 39.3 Å². The van der Waals surface area contributed by atoms with Crippen LogP contribution in [-0.4, -0.2) is 42.2 Å². The van der Waals surface area contributed by atoms with Crippen molar-refractivity contribution in [3.05, 3.63) is 65.2 Å². The number of carbonyl (C=O) groups is 2. The SMILES string of the molecule is CCOC(=O)CCCCN(Cc1ccc(C(=O)OC)cc1)Cc1cccc(O)c1. The summed E-state index contributed by atoms with van der Waals surface area (Å²) in [5, 5.41) is 9.73. The third-order valence-electron chi connectivity index (χ3n) is 4.51. The van der Waals surface area contributed by atoms with Crippen molar-refractivity contribution in [1.82, 2.24) is 4.90 Å². The molecule has 0 spiro atoms. The Kier molecular flexibility index (Phi) is 9.18. The molecule has 6 nitrogen and oxygen atoms in total. The second-order valence-corrected chi connectivity index (χ2v) is 6.83. The summed E-state index contributed by atoms with van der Waals surface area (Å²) in [4.78, 5) is 25.4. The molecule has 0 radical (unpaired) electrons. The van der Waals surface area contributed by atoms with E-state index in [0.717, 1.165) is 30.5 Å². The molecule has 0 aliphatic heterocycles. The van der Waals surface area contributed by atoms with Crippen LogP contribution in [-0.2, 0) is 27.4 Å². The van der Waals surface area contributed by atoms with Gasteiger partial charge in [-0.15, -0.1) is 0 Å². The van der Waals surface area contributed by atoms with Gasteiger partial charge < -0.3 is 14.6 Å². The second-order valence-electron chi connectivity index (χ2n) is 6.83. The number of hydrogen-bond acceptors (Lipinski definition) is 6. The van der Waals surface area contributed by atoms with Crippen LogP contribution in [0.5, 0.6) is 5.75 Å². The highest BCUT2D eigenvalue weighted by atomic mass is 16.5. The van der Waals surface area contributed by atoms with Gasteiger partial charge in [0.15, 0.2) is 0 Å². The third-order valence-corrected chi connectivity index (χ3v) is 4.51. The number of carbonyl (C=O) groups excluding carboxylic acids is 2. The van der Waals surface area contributed by atoms with Crippen LogP contribution >= 0.6 is 0 Å². The van der Waals surface area contributed by atoms with E-state index in [-0.39, 0.29) is 17.7 Å². The van der Waals surface area contributed by atoms with Crippen molar-refractivity contribution in [3.63, 3.8) is 0 Å². The van der Waals surface area contributed by atoms with E-state index in [9.17, 15) is 14.7 Å². The Morgan fingerprint density at radius 3 is 2.38 bits per heavy atom. The molecule has 0 atom stereocenters. The number of unbranched alkanes of at least 4 members (excludes halogenated alkanes) is 1. The van der Waals surface area contributed by atoms with Crippen LogP contribution in [0, 0.1) is 0 Å². The molecule has 29 heavy (non-hydrogen) atoms. The standard InChI is InChI=1S/C23H29NO5/c1-3-29-22(26)9-4-5-14-24(17-19-7-6-8-21(25)15-19)16-18-10-12-20(13-11-18)23(27)28-2/h6-8,10-13,15,25H,3-5,9,14,16-17H2,1-2H3. The van der Waals surface area contributed by atoms with Gasteiger partial charge in [-0.25, -0.2) is 4.79 Å². The molecule has 0 fully saturated rings. The van der Waals surface area contributed by atoms with Crippen LogP contribution < -0.4 is 0 Å². The Bertz CT molecular complexity index is 788. The topological polar surface area (TPSA) is 76.1 Å². The Morgan fingerprint density at radius 2 is 1.72 bits per heavy atom. The summed E-state index contributed by atoms with van der Waals surface area (Å²) < 4.78 is 9.71. The minimum Gasteiger partial charge on any atom is -0.508 e. The maximum absolute atomic E-state index is 11.6. The maximum atomic E-state index is 11.6. The molecule has 1 N–H and O–H groups in total. The fourth-order valence-electron chi connectivity index (χ4n) is 3.09. The lowest BCUT2D eigenvalue weighted by Crippen LogP contribution is -2.24. The van der Waals surface area contributed by atoms with Crippen LogP contribution in [0.4, 0.5) is 0 Å². The first-order chi connectivity index (χ1) is 14.0.